The predicted octanol–water partition coefficient (Wildman–Crippen LogP) is 2.72. The molecule has 2 nitrogen and oxygen atoms in total. The number of rotatable bonds is 5. The number of nitrogens with zero attached hydrogens (tertiary/aromatic N) is 1. The highest BCUT2D eigenvalue weighted by Crippen LogP contribution is 2.16. The summed E-state index contributed by atoms with van der Waals surface area (Å²) in [7, 11) is 0. The Balaban J connectivity index is 1.81. The van der Waals surface area contributed by atoms with Crippen molar-refractivity contribution in [1.82, 2.24) is 10.2 Å². The van der Waals surface area contributed by atoms with Gasteiger partial charge in [-0.2, -0.15) is 0 Å². The third-order valence-electron chi connectivity index (χ3n) is 3.96. The zero-order valence-corrected chi connectivity index (χ0v) is 12.7. The summed E-state index contributed by atoms with van der Waals surface area (Å²) in [6, 6.07) is 9.52. The van der Waals surface area contributed by atoms with Gasteiger partial charge in [0.2, 0.25) is 0 Å². The zero-order chi connectivity index (χ0) is 13.7. The fourth-order valence-corrected chi connectivity index (χ4v) is 2.84. The maximum atomic E-state index is 3.54. The van der Waals surface area contributed by atoms with E-state index in [0.29, 0.717) is 6.04 Å². The Labute approximate surface area is 118 Å². The van der Waals surface area contributed by atoms with Crippen LogP contribution in [0.4, 0.5) is 0 Å². The molecule has 1 N–H and O–H groups in total. The van der Waals surface area contributed by atoms with Gasteiger partial charge in [-0.1, -0.05) is 45.0 Å². The van der Waals surface area contributed by atoms with E-state index in [1.807, 2.05) is 0 Å². The molecule has 2 rings (SSSR count). The van der Waals surface area contributed by atoms with Crippen molar-refractivity contribution < 1.29 is 0 Å². The minimum Gasteiger partial charge on any atom is -0.314 e. The van der Waals surface area contributed by atoms with Crippen LogP contribution in [-0.2, 0) is 12.8 Å². The molecular weight excluding hydrogens is 232 g/mol. The maximum Gasteiger partial charge on any atom is 0.00222 e. The van der Waals surface area contributed by atoms with E-state index in [0.717, 1.165) is 12.5 Å². The lowest BCUT2D eigenvalue weighted by molar-refractivity contribution is 0.243. The zero-order valence-electron chi connectivity index (χ0n) is 12.7. The normalized spacial score (nSPS) is 18.1. The van der Waals surface area contributed by atoms with Gasteiger partial charge < -0.3 is 10.2 Å². The summed E-state index contributed by atoms with van der Waals surface area (Å²) in [6.45, 7) is 11.6. The molecule has 1 heterocycles. The van der Waals surface area contributed by atoms with Gasteiger partial charge in [-0.15, -0.1) is 0 Å². The molecule has 0 aromatic heterocycles. The lowest BCUT2D eigenvalue weighted by atomic mass is 10.0. The summed E-state index contributed by atoms with van der Waals surface area (Å²) in [5, 5.41) is 3.54. The minimum atomic E-state index is 0.593. The first-order valence-corrected chi connectivity index (χ1v) is 7.67. The number of nitrogens with one attached hydrogen (secondary N) is 1. The Kier molecular flexibility index (Phi) is 5.41. The standard InChI is InChI=1S/C17H28N2/c1-14(2)18-12-15(3)13-19-10-8-16-6-4-5-7-17(16)9-11-19/h4-7,14-15,18H,8-13H2,1-3H3. The van der Waals surface area contributed by atoms with E-state index in [4.69, 9.17) is 0 Å². The van der Waals surface area contributed by atoms with Gasteiger partial charge in [0.05, 0.1) is 0 Å². The highest BCUT2D eigenvalue weighted by Gasteiger charge is 2.15. The molecule has 19 heavy (non-hydrogen) atoms. The van der Waals surface area contributed by atoms with E-state index in [9.17, 15) is 0 Å². The van der Waals surface area contributed by atoms with Crippen LogP contribution in [0.1, 0.15) is 31.9 Å². The van der Waals surface area contributed by atoms with Gasteiger partial charge in [-0.3, -0.25) is 0 Å². The van der Waals surface area contributed by atoms with Crippen LogP contribution < -0.4 is 5.32 Å². The van der Waals surface area contributed by atoms with Crippen molar-refractivity contribution in [3.8, 4) is 0 Å². The van der Waals surface area contributed by atoms with E-state index in [1.54, 1.807) is 11.1 Å². The average molecular weight is 260 g/mol. The van der Waals surface area contributed by atoms with Gasteiger partial charge in [0.1, 0.15) is 0 Å². The van der Waals surface area contributed by atoms with Crippen LogP contribution in [0.25, 0.3) is 0 Å². The molecule has 0 spiro atoms. The highest BCUT2D eigenvalue weighted by molar-refractivity contribution is 5.28. The molecule has 0 radical (unpaired) electrons. The second kappa shape index (κ2) is 7.06. The molecule has 1 unspecified atom stereocenters. The van der Waals surface area contributed by atoms with Crippen molar-refractivity contribution in [2.75, 3.05) is 26.2 Å². The molecule has 1 aliphatic heterocycles. The number of hydrogen-bond acceptors (Lipinski definition) is 2. The molecule has 0 fully saturated rings. The number of benzene rings is 1. The molecular formula is C17H28N2. The van der Waals surface area contributed by atoms with E-state index >= 15 is 0 Å². The summed E-state index contributed by atoms with van der Waals surface area (Å²) in [5.74, 6) is 0.726. The van der Waals surface area contributed by atoms with Gasteiger partial charge in [0.25, 0.3) is 0 Å². The summed E-state index contributed by atoms with van der Waals surface area (Å²) in [6.07, 6.45) is 2.42. The van der Waals surface area contributed by atoms with E-state index in [-0.39, 0.29) is 0 Å². The second-order valence-electron chi connectivity index (χ2n) is 6.24. The summed E-state index contributed by atoms with van der Waals surface area (Å²) in [5.41, 5.74) is 3.11. The molecule has 106 valence electrons. The Hall–Kier alpha value is -0.860. The Morgan fingerprint density at radius 1 is 1.05 bits per heavy atom. The molecule has 1 aromatic rings. The molecule has 1 aromatic carbocycles. The maximum absolute atomic E-state index is 3.54. The Bertz CT molecular complexity index is 360. The minimum absolute atomic E-state index is 0.593. The number of fused-ring (bicyclic) bond motifs is 1. The van der Waals surface area contributed by atoms with Crippen LogP contribution >= 0.6 is 0 Å². The van der Waals surface area contributed by atoms with Crippen molar-refractivity contribution in [3.05, 3.63) is 35.4 Å². The monoisotopic (exact) mass is 260 g/mol. The third kappa shape index (κ3) is 4.63. The van der Waals surface area contributed by atoms with E-state index in [2.05, 4.69) is 55.3 Å². The lowest BCUT2D eigenvalue weighted by Crippen LogP contribution is -2.36. The molecule has 0 saturated carbocycles. The molecule has 1 atom stereocenters. The third-order valence-corrected chi connectivity index (χ3v) is 3.96. The van der Waals surface area contributed by atoms with Crippen molar-refractivity contribution in [1.29, 1.82) is 0 Å². The van der Waals surface area contributed by atoms with Crippen LogP contribution in [0.15, 0.2) is 24.3 Å². The molecule has 0 aliphatic carbocycles. The summed E-state index contributed by atoms with van der Waals surface area (Å²) < 4.78 is 0. The van der Waals surface area contributed by atoms with Crippen molar-refractivity contribution in [2.24, 2.45) is 5.92 Å². The molecule has 0 amide bonds. The van der Waals surface area contributed by atoms with Crippen LogP contribution in [0.5, 0.6) is 0 Å². The van der Waals surface area contributed by atoms with Crippen LogP contribution in [-0.4, -0.2) is 37.1 Å². The van der Waals surface area contributed by atoms with Crippen molar-refractivity contribution >= 4 is 0 Å². The summed E-state index contributed by atoms with van der Waals surface area (Å²) >= 11 is 0. The second-order valence-corrected chi connectivity index (χ2v) is 6.24. The largest absolute Gasteiger partial charge is 0.314 e. The topological polar surface area (TPSA) is 15.3 Å². The average Bonchev–Trinajstić information content (AvgIpc) is 2.59. The van der Waals surface area contributed by atoms with Crippen LogP contribution in [0.2, 0.25) is 0 Å². The first kappa shape index (κ1) is 14.5. The van der Waals surface area contributed by atoms with Crippen LogP contribution in [0, 0.1) is 5.92 Å². The van der Waals surface area contributed by atoms with Gasteiger partial charge in [-0.05, 0) is 36.4 Å². The molecule has 0 saturated heterocycles. The smallest absolute Gasteiger partial charge is 0.00222 e. The molecule has 0 bridgehead atoms. The number of hydrogen-bond donors (Lipinski definition) is 1. The molecule has 2 heteroatoms. The van der Waals surface area contributed by atoms with Crippen molar-refractivity contribution in [2.45, 2.75) is 39.7 Å². The van der Waals surface area contributed by atoms with Gasteiger partial charge in [0, 0.05) is 25.7 Å². The van der Waals surface area contributed by atoms with Gasteiger partial charge in [-0.25, -0.2) is 0 Å². The highest BCUT2D eigenvalue weighted by atomic mass is 15.1. The lowest BCUT2D eigenvalue weighted by Gasteiger charge is -2.24. The quantitative estimate of drug-likeness (QED) is 0.876. The van der Waals surface area contributed by atoms with Crippen LogP contribution in [0.3, 0.4) is 0 Å². The van der Waals surface area contributed by atoms with E-state index < -0.39 is 0 Å². The SMILES string of the molecule is CC(CNC(C)C)CN1CCc2ccccc2CC1. The van der Waals surface area contributed by atoms with Gasteiger partial charge >= 0.3 is 0 Å². The first-order valence-electron chi connectivity index (χ1n) is 7.67. The summed E-state index contributed by atoms with van der Waals surface area (Å²) in [4.78, 5) is 2.63. The fraction of sp³-hybridized carbons (Fsp3) is 0.647. The Morgan fingerprint density at radius 2 is 1.63 bits per heavy atom. The van der Waals surface area contributed by atoms with Crippen molar-refractivity contribution in [3.63, 3.8) is 0 Å². The predicted molar refractivity (Wildman–Crippen MR) is 82.6 cm³/mol. The van der Waals surface area contributed by atoms with Gasteiger partial charge in [0.15, 0.2) is 0 Å². The fourth-order valence-electron chi connectivity index (χ4n) is 2.84. The Morgan fingerprint density at radius 3 is 2.16 bits per heavy atom. The molecule has 1 aliphatic rings. The van der Waals surface area contributed by atoms with E-state index in [1.165, 1.54) is 32.5 Å². The first-order chi connectivity index (χ1) is 9.15.